The van der Waals surface area contributed by atoms with Crippen LogP contribution in [-0.4, -0.2) is 18.2 Å². The summed E-state index contributed by atoms with van der Waals surface area (Å²) in [6.45, 7) is 16.6. The molecule has 1 atom stereocenters. The van der Waals surface area contributed by atoms with Crippen molar-refractivity contribution in [3.05, 3.63) is 113 Å². The molecule has 0 bridgehead atoms. The van der Waals surface area contributed by atoms with E-state index in [0.29, 0.717) is 6.54 Å². The van der Waals surface area contributed by atoms with Crippen LogP contribution in [0.2, 0.25) is 0 Å². The van der Waals surface area contributed by atoms with Crippen molar-refractivity contribution < 1.29 is 9.59 Å². The van der Waals surface area contributed by atoms with Gasteiger partial charge in [-0.25, -0.2) is 14.6 Å². The van der Waals surface area contributed by atoms with Gasteiger partial charge in [0.05, 0.1) is 13.1 Å². The lowest BCUT2D eigenvalue weighted by molar-refractivity contribution is 0.560. The van der Waals surface area contributed by atoms with Crippen molar-refractivity contribution in [2.24, 2.45) is 15.9 Å². The molecule has 0 N–H and O–H groups in total. The highest BCUT2D eigenvalue weighted by atomic mass is 16.1. The zero-order chi connectivity index (χ0) is 32.1. The molecule has 0 saturated carbocycles. The molecule has 0 heterocycles. The third-order valence-corrected chi connectivity index (χ3v) is 6.88. The van der Waals surface area contributed by atoms with Gasteiger partial charge in [0.2, 0.25) is 6.08 Å². The molecule has 3 rings (SSSR count). The Bertz CT molecular complexity index is 1240. The number of rotatable bonds is 14. The van der Waals surface area contributed by atoms with Crippen LogP contribution >= 0.6 is 0 Å². The van der Waals surface area contributed by atoms with E-state index in [-0.39, 0.29) is 0 Å². The van der Waals surface area contributed by atoms with Gasteiger partial charge < -0.3 is 0 Å². The second-order valence-electron chi connectivity index (χ2n) is 10.2. The first-order valence-electron chi connectivity index (χ1n) is 15.8. The maximum Gasteiger partial charge on any atom is 0.235 e. The van der Waals surface area contributed by atoms with Gasteiger partial charge in [-0.05, 0) is 97.5 Å². The number of benzene rings is 3. The van der Waals surface area contributed by atoms with Crippen LogP contribution in [0.5, 0.6) is 0 Å². The molecule has 0 fully saturated rings. The third kappa shape index (κ3) is 19.8. The van der Waals surface area contributed by atoms with Crippen LogP contribution < -0.4 is 0 Å². The molecular weight excluding hydrogens is 528 g/mol. The van der Waals surface area contributed by atoms with Crippen LogP contribution in [0.15, 0.2) is 89.4 Å². The summed E-state index contributed by atoms with van der Waals surface area (Å²) >= 11 is 0. The third-order valence-electron chi connectivity index (χ3n) is 6.88. The number of aryl methyl sites for hydroxylation is 3. The summed E-state index contributed by atoms with van der Waals surface area (Å²) in [5.74, 6) is 2.01. The standard InChI is InChI=1S/C24H31NO.C11H15N.C2H2O.C2H6/c1-3-20(2)15-23-13-7-11-21(16-23)9-5-4-6-10-22-12-8-14-24(17-22)18-25-19-26;1-3-10-6-5-7-11(8-10)9-12-4-2;1-2-3;1-2/h7-8,11-14,16-17,20H,3-6,9-10,15,18H2,1-2H3;4-8H,3,9H2,1-2H3;1H2;1-2H3. The van der Waals surface area contributed by atoms with Gasteiger partial charge in [0.25, 0.3) is 0 Å². The van der Waals surface area contributed by atoms with E-state index in [1.807, 2.05) is 39.1 Å². The fourth-order valence-corrected chi connectivity index (χ4v) is 4.45. The fraction of sp³-hybridized carbons (Fsp3) is 0.436. The maximum absolute atomic E-state index is 10.2. The summed E-state index contributed by atoms with van der Waals surface area (Å²) in [5.41, 5.74) is 8.06. The summed E-state index contributed by atoms with van der Waals surface area (Å²) < 4.78 is 0. The van der Waals surface area contributed by atoms with E-state index >= 15 is 0 Å². The Labute approximate surface area is 262 Å². The lowest BCUT2D eigenvalue weighted by Crippen LogP contribution is -1.98. The molecule has 0 aromatic heterocycles. The minimum atomic E-state index is 0.435. The second kappa shape index (κ2) is 27.0. The zero-order valence-electron chi connectivity index (χ0n) is 27.6. The molecule has 0 saturated heterocycles. The summed E-state index contributed by atoms with van der Waals surface area (Å²) in [4.78, 5) is 26.6. The predicted molar refractivity (Wildman–Crippen MR) is 185 cm³/mol. The molecule has 0 spiro atoms. The molecule has 4 nitrogen and oxygen atoms in total. The number of hydrogen-bond acceptors (Lipinski definition) is 4. The minimum Gasteiger partial charge on any atom is -0.293 e. The molecule has 3 aromatic carbocycles. The summed E-state index contributed by atoms with van der Waals surface area (Å²) in [7, 11) is 0. The highest BCUT2D eigenvalue weighted by molar-refractivity contribution is 5.53. The first-order chi connectivity index (χ1) is 21.0. The molecular formula is C39H54N2O2. The van der Waals surface area contributed by atoms with Crippen LogP contribution in [0.4, 0.5) is 0 Å². The average Bonchev–Trinajstić information content (AvgIpc) is 3.04. The van der Waals surface area contributed by atoms with E-state index < -0.39 is 0 Å². The average molecular weight is 583 g/mol. The second-order valence-corrected chi connectivity index (χ2v) is 10.2. The van der Waals surface area contributed by atoms with Gasteiger partial charge in [-0.1, -0.05) is 120 Å². The lowest BCUT2D eigenvalue weighted by atomic mass is 9.96. The number of carbonyl (C=O) groups excluding carboxylic acids is 2. The van der Waals surface area contributed by atoms with Crippen molar-refractivity contribution in [1.29, 1.82) is 0 Å². The van der Waals surface area contributed by atoms with E-state index in [0.717, 1.165) is 30.9 Å². The van der Waals surface area contributed by atoms with Gasteiger partial charge in [-0.3, -0.25) is 4.99 Å². The van der Waals surface area contributed by atoms with Crippen molar-refractivity contribution in [3.8, 4) is 0 Å². The van der Waals surface area contributed by atoms with Crippen LogP contribution in [-0.2, 0) is 48.4 Å². The number of nitrogens with zero attached hydrogens (tertiary/aromatic N) is 2. The molecule has 232 valence electrons. The maximum atomic E-state index is 10.2. The molecule has 0 aliphatic carbocycles. The zero-order valence-corrected chi connectivity index (χ0v) is 27.6. The number of aliphatic imine (C=N–C) groups is 2. The van der Waals surface area contributed by atoms with E-state index in [2.05, 4.69) is 98.0 Å². The van der Waals surface area contributed by atoms with E-state index in [1.165, 1.54) is 72.3 Å². The van der Waals surface area contributed by atoms with Gasteiger partial charge in [0, 0.05) is 0 Å². The molecule has 0 aliphatic rings. The van der Waals surface area contributed by atoms with Gasteiger partial charge in [-0.15, -0.1) is 0 Å². The van der Waals surface area contributed by atoms with Crippen molar-refractivity contribution in [2.75, 3.05) is 0 Å². The monoisotopic (exact) mass is 582 g/mol. The topological polar surface area (TPSA) is 58.9 Å². The molecule has 0 amide bonds. The fourth-order valence-electron chi connectivity index (χ4n) is 4.45. The Morgan fingerprint density at radius 2 is 1.21 bits per heavy atom. The normalized spacial score (nSPS) is 10.5. The van der Waals surface area contributed by atoms with E-state index in [9.17, 15) is 4.79 Å². The van der Waals surface area contributed by atoms with Gasteiger partial charge in [0.1, 0.15) is 5.94 Å². The lowest BCUT2D eigenvalue weighted by Gasteiger charge is -2.10. The molecule has 3 aromatic rings. The Morgan fingerprint density at radius 3 is 1.72 bits per heavy atom. The Kier molecular flexibility index (Phi) is 24.6. The number of hydrogen-bond donors (Lipinski definition) is 0. The van der Waals surface area contributed by atoms with Crippen molar-refractivity contribution in [1.82, 2.24) is 0 Å². The Balaban J connectivity index is 0.000000861. The summed E-state index contributed by atoms with van der Waals surface area (Å²) in [5, 5.41) is 0. The van der Waals surface area contributed by atoms with Crippen molar-refractivity contribution in [3.63, 3.8) is 0 Å². The van der Waals surface area contributed by atoms with Gasteiger partial charge >= 0.3 is 0 Å². The van der Waals surface area contributed by atoms with Crippen molar-refractivity contribution >= 4 is 18.2 Å². The van der Waals surface area contributed by atoms with E-state index in [4.69, 9.17) is 4.79 Å². The molecule has 0 aliphatic heterocycles. The van der Waals surface area contributed by atoms with E-state index in [1.54, 1.807) is 6.08 Å². The quantitative estimate of drug-likeness (QED) is 0.0822. The summed E-state index contributed by atoms with van der Waals surface area (Å²) in [6, 6.07) is 26.1. The smallest absolute Gasteiger partial charge is 0.235 e. The van der Waals surface area contributed by atoms with Crippen LogP contribution in [0.1, 0.15) is 101 Å². The first-order valence-corrected chi connectivity index (χ1v) is 15.8. The Morgan fingerprint density at radius 1 is 0.744 bits per heavy atom. The van der Waals surface area contributed by atoms with Gasteiger partial charge in [-0.2, -0.15) is 0 Å². The molecule has 43 heavy (non-hydrogen) atoms. The van der Waals surface area contributed by atoms with Gasteiger partial charge in [0.15, 0.2) is 0 Å². The molecule has 4 heteroatoms. The largest absolute Gasteiger partial charge is 0.293 e. The molecule has 0 radical (unpaired) electrons. The highest BCUT2D eigenvalue weighted by Gasteiger charge is 2.03. The minimum absolute atomic E-state index is 0.435. The van der Waals surface area contributed by atoms with Crippen molar-refractivity contribution in [2.45, 2.75) is 106 Å². The van der Waals surface area contributed by atoms with Crippen LogP contribution in [0.3, 0.4) is 0 Å². The van der Waals surface area contributed by atoms with Crippen LogP contribution in [0, 0.1) is 5.92 Å². The highest BCUT2D eigenvalue weighted by Crippen LogP contribution is 2.16. The first kappa shape index (κ1) is 39.2. The number of isocyanates is 1. The predicted octanol–water partition coefficient (Wildman–Crippen LogP) is 9.94. The Hall–Kier alpha value is -3.84. The van der Waals surface area contributed by atoms with Crippen LogP contribution in [0.25, 0.3) is 0 Å². The summed E-state index contributed by atoms with van der Waals surface area (Å²) in [6.07, 6.45) is 12.9. The SMILES string of the molecule is C=C=O.CC.CC=NCc1cccc(CC)c1.CCC(C)Cc1cccc(CCCCCc2cccc(CN=C=O)c2)c1. The number of unbranched alkanes of at least 4 members (excludes halogenated alkanes) is 2. The molecule has 1 unspecified atom stereocenters.